The molecule has 3 aromatic carbocycles. The lowest BCUT2D eigenvalue weighted by molar-refractivity contribution is 0.0697. The zero-order valence-corrected chi connectivity index (χ0v) is 16.5. The lowest BCUT2D eigenvalue weighted by atomic mass is 10.1. The number of ether oxygens (including phenoxy) is 1. The molecule has 146 valence electrons. The third kappa shape index (κ3) is 6.41. The highest BCUT2D eigenvalue weighted by molar-refractivity contribution is 5.87. The van der Waals surface area contributed by atoms with Crippen LogP contribution in [0.3, 0.4) is 0 Å². The first kappa shape index (κ1) is 21.5. The van der Waals surface area contributed by atoms with Gasteiger partial charge in [0.05, 0.1) is 5.56 Å². The van der Waals surface area contributed by atoms with Crippen LogP contribution < -0.4 is 10.1 Å². The highest BCUT2D eigenvalue weighted by Gasteiger charge is 2.02. The van der Waals surface area contributed by atoms with Crippen molar-refractivity contribution in [2.75, 3.05) is 0 Å². The summed E-state index contributed by atoms with van der Waals surface area (Å²) < 4.78 is 5.82. The predicted molar refractivity (Wildman–Crippen MR) is 113 cm³/mol. The maximum atomic E-state index is 10.9. The van der Waals surface area contributed by atoms with Crippen molar-refractivity contribution < 1.29 is 14.6 Å². The molecule has 5 heteroatoms. The molecular weight excluding hydrogens is 374 g/mol. The Labute approximate surface area is 171 Å². The van der Waals surface area contributed by atoms with Crippen molar-refractivity contribution in [2.45, 2.75) is 26.6 Å². The summed E-state index contributed by atoms with van der Waals surface area (Å²) in [6.45, 7) is 4.05. The second kappa shape index (κ2) is 10.5. The van der Waals surface area contributed by atoms with Gasteiger partial charge < -0.3 is 15.2 Å². The van der Waals surface area contributed by atoms with Gasteiger partial charge in [-0.05, 0) is 47.9 Å². The molecular formula is C23H24ClNO3. The Hall–Kier alpha value is -2.82. The molecule has 0 fully saturated rings. The molecule has 28 heavy (non-hydrogen) atoms. The number of carboxylic acids is 1. The number of carbonyl (C=O) groups is 1. The lowest BCUT2D eigenvalue weighted by Crippen LogP contribution is -2.12. The largest absolute Gasteiger partial charge is 0.489 e. The zero-order chi connectivity index (χ0) is 19.1. The molecule has 0 amide bonds. The summed E-state index contributed by atoms with van der Waals surface area (Å²) in [4.78, 5) is 10.9. The summed E-state index contributed by atoms with van der Waals surface area (Å²) in [5, 5.41) is 12.3. The molecule has 0 spiro atoms. The molecule has 0 aliphatic rings. The van der Waals surface area contributed by atoms with E-state index in [2.05, 4.69) is 36.5 Å². The van der Waals surface area contributed by atoms with E-state index in [0.29, 0.717) is 18.7 Å². The first-order valence-electron chi connectivity index (χ1n) is 8.90. The van der Waals surface area contributed by atoms with Gasteiger partial charge in [0.1, 0.15) is 12.4 Å². The second-order valence-corrected chi connectivity index (χ2v) is 6.52. The van der Waals surface area contributed by atoms with Crippen LogP contribution in [-0.4, -0.2) is 11.1 Å². The van der Waals surface area contributed by atoms with Gasteiger partial charge in [0.25, 0.3) is 0 Å². The first-order chi connectivity index (χ1) is 13.1. The molecule has 3 rings (SSSR count). The molecule has 0 unspecified atom stereocenters. The van der Waals surface area contributed by atoms with Crippen LogP contribution in [0.1, 0.15) is 32.6 Å². The van der Waals surface area contributed by atoms with Crippen molar-refractivity contribution in [2.24, 2.45) is 0 Å². The Bertz CT molecular complexity index is 875. The van der Waals surface area contributed by atoms with Gasteiger partial charge in [-0.2, -0.15) is 0 Å². The van der Waals surface area contributed by atoms with E-state index in [1.807, 2.05) is 36.4 Å². The fourth-order valence-corrected chi connectivity index (χ4v) is 2.67. The van der Waals surface area contributed by atoms with Crippen molar-refractivity contribution in [1.29, 1.82) is 0 Å². The number of rotatable bonds is 8. The van der Waals surface area contributed by atoms with Crippen LogP contribution in [0, 0.1) is 6.92 Å². The van der Waals surface area contributed by atoms with E-state index >= 15 is 0 Å². The number of hydrogen-bond acceptors (Lipinski definition) is 3. The van der Waals surface area contributed by atoms with Crippen LogP contribution in [0.2, 0.25) is 0 Å². The molecule has 0 saturated carbocycles. The number of hydrogen-bond donors (Lipinski definition) is 2. The lowest BCUT2D eigenvalue weighted by Gasteiger charge is -2.09. The maximum Gasteiger partial charge on any atom is 0.335 e. The molecule has 0 aromatic heterocycles. The van der Waals surface area contributed by atoms with Crippen LogP contribution in [0.4, 0.5) is 0 Å². The third-order valence-electron chi connectivity index (χ3n) is 4.31. The van der Waals surface area contributed by atoms with E-state index < -0.39 is 5.97 Å². The van der Waals surface area contributed by atoms with Crippen LogP contribution in [0.25, 0.3) is 0 Å². The van der Waals surface area contributed by atoms with Crippen molar-refractivity contribution in [1.82, 2.24) is 5.32 Å². The van der Waals surface area contributed by atoms with Gasteiger partial charge in [-0.3, -0.25) is 0 Å². The van der Waals surface area contributed by atoms with Crippen molar-refractivity contribution in [3.63, 3.8) is 0 Å². The fourth-order valence-electron chi connectivity index (χ4n) is 2.67. The van der Waals surface area contributed by atoms with E-state index in [-0.39, 0.29) is 12.4 Å². The first-order valence-corrected chi connectivity index (χ1v) is 8.90. The van der Waals surface area contributed by atoms with Gasteiger partial charge in [0.15, 0.2) is 0 Å². The molecule has 4 nitrogen and oxygen atoms in total. The summed E-state index contributed by atoms with van der Waals surface area (Å²) in [5.41, 5.74) is 4.92. The molecule has 0 radical (unpaired) electrons. The summed E-state index contributed by atoms with van der Waals surface area (Å²) in [5.74, 6) is -0.0530. The standard InChI is InChI=1S/C23H23NO3.ClH/c1-17-2-4-20(5-3-17)16-27-22-12-8-19(9-13-22)15-24-14-18-6-10-21(11-7-18)23(25)26;/h2-13,24H,14-16H2,1H3,(H,25,26);1H. The maximum absolute atomic E-state index is 10.9. The zero-order valence-electron chi connectivity index (χ0n) is 15.7. The number of halogens is 1. The van der Waals surface area contributed by atoms with E-state index in [0.717, 1.165) is 23.4 Å². The Morgan fingerprint density at radius 2 is 1.32 bits per heavy atom. The van der Waals surface area contributed by atoms with Crippen molar-refractivity contribution >= 4 is 18.4 Å². The van der Waals surface area contributed by atoms with E-state index in [4.69, 9.17) is 9.84 Å². The summed E-state index contributed by atoms with van der Waals surface area (Å²) >= 11 is 0. The number of benzene rings is 3. The summed E-state index contributed by atoms with van der Waals surface area (Å²) in [6, 6.07) is 23.3. The second-order valence-electron chi connectivity index (χ2n) is 6.52. The molecule has 0 saturated heterocycles. The highest BCUT2D eigenvalue weighted by atomic mass is 35.5. The number of carboxylic acid groups (broad SMARTS) is 1. The molecule has 0 heterocycles. The Balaban J connectivity index is 0.00000280. The quantitative estimate of drug-likeness (QED) is 0.562. The Kier molecular flexibility index (Phi) is 8.05. The van der Waals surface area contributed by atoms with Gasteiger partial charge >= 0.3 is 5.97 Å². The fraction of sp³-hybridized carbons (Fsp3) is 0.174. The normalized spacial score (nSPS) is 10.2. The van der Waals surface area contributed by atoms with E-state index in [1.165, 1.54) is 11.1 Å². The van der Waals surface area contributed by atoms with E-state index in [1.54, 1.807) is 12.1 Å². The number of nitrogens with one attached hydrogen (secondary N) is 1. The number of aryl methyl sites for hydroxylation is 1. The molecule has 3 aromatic rings. The van der Waals surface area contributed by atoms with Crippen LogP contribution >= 0.6 is 12.4 Å². The SMILES string of the molecule is Cc1ccc(COc2ccc(CNCc3ccc(C(=O)O)cc3)cc2)cc1.Cl. The summed E-state index contributed by atoms with van der Waals surface area (Å²) in [6.07, 6.45) is 0. The smallest absolute Gasteiger partial charge is 0.335 e. The van der Waals surface area contributed by atoms with Gasteiger partial charge in [-0.15, -0.1) is 12.4 Å². The van der Waals surface area contributed by atoms with Crippen LogP contribution in [-0.2, 0) is 19.7 Å². The topological polar surface area (TPSA) is 58.6 Å². The highest BCUT2D eigenvalue weighted by Crippen LogP contribution is 2.15. The Morgan fingerprint density at radius 3 is 1.86 bits per heavy atom. The minimum Gasteiger partial charge on any atom is -0.489 e. The van der Waals surface area contributed by atoms with Crippen molar-refractivity contribution in [3.8, 4) is 5.75 Å². The van der Waals surface area contributed by atoms with E-state index in [9.17, 15) is 4.79 Å². The minimum absolute atomic E-state index is 0. The average Bonchev–Trinajstić information content (AvgIpc) is 2.69. The minimum atomic E-state index is -0.904. The van der Waals surface area contributed by atoms with Gasteiger partial charge in [0, 0.05) is 13.1 Å². The van der Waals surface area contributed by atoms with Gasteiger partial charge in [0.2, 0.25) is 0 Å². The number of aromatic carboxylic acids is 1. The Morgan fingerprint density at radius 1 is 0.821 bits per heavy atom. The molecule has 0 aliphatic heterocycles. The predicted octanol–water partition coefficient (Wildman–Crippen LogP) is 4.98. The van der Waals surface area contributed by atoms with Gasteiger partial charge in [-0.1, -0.05) is 54.1 Å². The molecule has 0 atom stereocenters. The average molecular weight is 398 g/mol. The summed E-state index contributed by atoms with van der Waals surface area (Å²) in [7, 11) is 0. The van der Waals surface area contributed by atoms with Gasteiger partial charge in [-0.25, -0.2) is 4.79 Å². The van der Waals surface area contributed by atoms with Crippen molar-refractivity contribution in [3.05, 3.63) is 101 Å². The molecule has 0 bridgehead atoms. The van der Waals surface area contributed by atoms with Crippen LogP contribution in [0.5, 0.6) is 5.75 Å². The molecule has 0 aliphatic carbocycles. The van der Waals surface area contributed by atoms with Crippen LogP contribution in [0.15, 0.2) is 72.8 Å². The molecule has 2 N–H and O–H groups in total. The third-order valence-corrected chi connectivity index (χ3v) is 4.31. The monoisotopic (exact) mass is 397 g/mol.